The molecule has 2 N–H and O–H groups in total. The Morgan fingerprint density at radius 1 is 0.462 bits per heavy atom. The fraction of sp³-hybridized carbons (Fsp3) is 0.351. The van der Waals surface area contributed by atoms with Crippen molar-refractivity contribution in [3.8, 4) is 11.1 Å². The van der Waals surface area contributed by atoms with Crippen molar-refractivity contribution in [2.24, 2.45) is 0 Å². The average Bonchev–Trinajstić information content (AvgIpc) is 3.23. The molecule has 0 radical (unpaired) electrons. The van der Waals surface area contributed by atoms with Crippen molar-refractivity contribution >= 4 is 22.7 Å². The number of nitrogens with one attached hydrogen (secondary N) is 2. The van der Waals surface area contributed by atoms with Gasteiger partial charge in [-0.2, -0.15) is 0 Å². The van der Waals surface area contributed by atoms with Crippen LogP contribution in [0.4, 0.5) is 22.7 Å². The van der Waals surface area contributed by atoms with Crippen molar-refractivity contribution in [3.05, 3.63) is 108 Å². The third kappa shape index (κ3) is 6.22. The number of para-hydroxylation sites is 2. The van der Waals surface area contributed by atoms with Crippen LogP contribution in [0.1, 0.15) is 89.2 Å². The van der Waals surface area contributed by atoms with Crippen molar-refractivity contribution in [3.63, 3.8) is 0 Å². The van der Waals surface area contributed by atoms with Crippen LogP contribution < -0.4 is 10.6 Å². The minimum absolute atomic E-state index is 0.0505. The van der Waals surface area contributed by atoms with Gasteiger partial charge in [0.15, 0.2) is 0 Å². The molecule has 1 aliphatic carbocycles. The summed E-state index contributed by atoms with van der Waals surface area (Å²) >= 11 is 0. The summed E-state index contributed by atoms with van der Waals surface area (Å²) in [6.07, 6.45) is 12.8. The molecule has 5 rings (SSSR count). The number of fused-ring (bicyclic) bond motifs is 3. The van der Waals surface area contributed by atoms with Crippen LogP contribution in [0.5, 0.6) is 0 Å². The molecule has 202 valence electrons. The summed E-state index contributed by atoms with van der Waals surface area (Å²) in [5.74, 6) is 0. The van der Waals surface area contributed by atoms with E-state index in [2.05, 4.69) is 122 Å². The molecule has 1 aliphatic rings. The van der Waals surface area contributed by atoms with E-state index >= 15 is 0 Å². The van der Waals surface area contributed by atoms with Crippen molar-refractivity contribution in [1.29, 1.82) is 0 Å². The first-order valence-corrected chi connectivity index (χ1v) is 15.2. The molecule has 0 bridgehead atoms. The summed E-state index contributed by atoms with van der Waals surface area (Å²) in [7, 11) is 0. The predicted octanol–water partition coefficient (Wildman–Crippen LogP) is 11.4. The first kappa shape index (κ1) is 27.1. The monoisotopic (exact) mass is 516 g/mol. The number of anilines is 4. The first-order chi connectivity index (χ1) is 19.2. The maximum absolute atomic E-state index is 3.68. The minimum Gasteiger partial charge on any atom is -0.356 e. The second-order valence-corrected chi connectivity index (χ2v) is 11.2. The molecule has 0 amide bonds. The van der Waals surface area contributed by atoms with Gasteiger partial charge >= 0.3 is 0 Å². The fourth-order valence-corrected chi connectivity index (χ4v) is 6.40. The Morgan fingerprint density at radius 2 is 0.897 bits per heavy atom. The van der Waals surface area contributed by atoms with Gasteiger partial charge in [-0.3, -0.25) is 0 Å². The summed E-state index contributed by atoms with van der Waals surface area (Å²) < 4.78 is 0. The number of hydrogen-bond acceptors (Lipinski definition) is 2. The highest BCUT2D eigenvalue weighted by molar-refractivity contribution is 5.85. The largest absolute Gasteiger partial charge is 0.356 e. The molecule has 2 nitrogen and oxygen atoms in total. The van der Waals surface area contributed by atoms with E-state index in [1.54, 1.807) is 0 Å². The maximum Gasteiger partial charge on any atom is 0.0387 e. The van der Waals surface area contributed by atoms with E-state index in [-0.39, 0.29) is 5.41 Å². The molecule has 0 aromatic heterocycles. The van der Waals surface area contributed by atoms with Crippen molar-refractivity contribution < 1.29 is 0 Å². The molecular weight excluding hydrogens is 472 g/mol. The van der Waals surface area contributed by atoms with Crippen molar-refractivity contribution in [1.82, 2.24) is 0 Å². The Kier molecular flexibility index (Phi) is 9.04. The molecule has 2 heteroatoms. The predicted molar refractivity (Wildman–Crippen MR) is 170 cm³/mol. The van der Waals surface area contributed by atoms with Gasteiger partial charge in [0.2, 0.25) is 0 Å². The topological polar surface area (TPSA) is 24.1 Å². The fourth-order valence-electron chi connectivity index (χ4n) is 6.40. The lowest BCUT2D eigenvalue weighted by atomic mass is 9.70. The summed E-state index contributed by atoms with van der Waals surface area (Å²) in [4.78, 5) is 0. The van der Waals surface area contributed by atoms with Crippen LogP contribution in [0.15, 0.2) is 97.1 Å². The van der Waals surface area contributed by atoms with Gasteiger partial charge < -0.3 is 10.6 Å². The minimum atomic E-state index is 0.0505. The highest BCUT2D eigenvalue weighted by Gasteiger charge is 2.42. The first-order valence-electron chi connectivity index (χ1n) is 15.2. The standard InChI is InChI=1S/C37H44N2/c1-3-5-7-15-25-37(26-16-8-6-4-2)35-27-31(38-29-17-11-9-12-18-29)21-23-33(35)34-24-22-32(28-36(34)37)39-30-19-13-10-14-20-30/h9-14,17-24,27-28,38-39H,3-8,15-16,25-26H2,1-2H3. The summed E-state index contributed by atoms with van der Waals surface area (Å²) in [5, 5.41) is 7.37. The third-order valence-corrected chi connectivity index (χ3v) is 8.40. The van der Waals surface area contributed by atoms with Gasteiger partial charge in [0.05, 0.1) is 0 Å². The Hall–Kier alpha value is -3.52. The molecule has 0 spiro atoms. The third-order valence-electron chi connectivity index (χ3n) is 8.40. The quantitative estimate of drug-likeness (QED) is 0.163. The van der Waals surface area contributed by atoms with Gasteiger partial charge in [-0.1, -0.05) is 114 Å². The highest BCUT2D eigenvalue weighted by atomic mass is 14.9. The van der Waals surface area contributed by atoms with E-state index in [4.69, 9.17) is 0 Å². The lowest BCUT2D eigenvalue weighted by molar-refractivity contribution is 0.401. The average molecular weight is 517 g/mol. The normalized spacial score (nSPS) is 13.1. The van der Waals surface area contributed by atoms with Gasteiger partial charge in [0, 0.05) is 28.2 Å². The molecule has 0 aliphatic heterocycles. The molecule has 0 atom stereocenters. The molecule has 0 saturated heterocycles. The maximum atomic E-state index is 3.68. The summed E-state index contributed by atoms with van der Waals surface area (Å²) in [6, 6.07) is 35.3. The van der Waals surface area contributed by atoms with E-state index in [1.807, 2.05) is 0 Å². The van der Waals surface area contributed by atoms with Gasteiger partial charge in [0.25, 0.3) is 0 Å². The van der Waals surface area contributed by atoms with Gasteiger partial charge in [0.1, 0.15) is 0 Å². The van der Waals surface area contributed by atoms with Gasteiger partial charge in [-0.15, -0.1) is 0 Å². The van der Waals surface area contributed by atoms with Crippen LogP contribution in [-0.4, -0.2) is 0 Å². The van der Waals surface area contributed by atoms with E-state index in [0.29, 0.717) is 0 Å². The van der Waals surface area contributed by atoms with E-state index in [9.17, 15) is 0 Å². The van der Waals surface area contributed by atoms with Crippen LogP contribution in [-0.2, 0) is 5.41 Å². The zero-order valence-corrected chi connectivity index (χ0v) is 23.8. The molecule has 0 fully saturated rings. The van der Waals surface area contributed by atoms with Crippen molar-refractivity contribution in [2.45, 2.75) is 83.5 Å². The lowest BCUT2D eigenvalue weighted by Gasteiger charge is -2.33. The number of rotatable bonds is 14. The van der Waals surface area contributed by atoms with E-state index < -0.39 is 0 Å². The molecule has 4 aromatic carbocycles. The van der Waals surface area contributed by atoms with E-state index in [1.165, 1.54) is 97.8 Å². The van der Waals surface area contributed by atoms with Crippen LogP contribution in [0.25, 0.3) is 11.1 Å². The molecule has 0 saturated carbocycles. The van der Waals surface area contributed by atoms with Gasteiger partial charge in [-0.25, -0.2) is 0 Å². The number of unbranched alkanes of at least 4 members (excludes halogenated alkanes) is 6. The number of hydrogen-bond donors (Lipinski definition) is 2. The Balaban J connectivity index is 1.56. The Morgan fingerprint density at radius 3 is 1.31 bits per heavy atom. The summed E-state index contributed by atoms with van der Waals surface area (Å²) in [6.45, 7) is 4.62. The molecule has 0 heterocycles. The molecule has 39 heavy (non-hydrogen) atoms. The van der Waals surface area contributed by atoms with Crippen LogP contribution >= 0.6 is 0 Å². The van der Waals surface area contributed by atoms with Crippen LogP contribution in [0, 0.1) is 0 Å². The zero-order valence-electron chi connectivity index (χ0n) is 23.8. The van der Waals surface area contributed by atoms with Gasteiger partial charge in [-0.05, 0) is 83.6 Å². The SMILES string of the molecule is CCCCCCC1(CCCCCC)c2cc(Nc3ccccc3)ccc2-c2ccc(Nc3ccccc3)cc21. The smallest absolute Gasteiger partial charge is 0.0387 e. The zero-order chi connectivity index (χ0) is 26.9. The van der Waals surface area contributed by atoms with Crippen molar-refractivity contribution in [2.75, 3.05) is 10.6 Å². The van der Waals surface area contributed by atoms with E-state index in [0.717, 1.165) is 11.4 Å². The Bertz CT molecular complexity index is 1220. The molecule has 0 unspecified atom stereocenters. The van der Waals surface area contributed by atoms with Crippen LogP contribution in [0.2, 0.25) is 0 Å². The molecule has 4 aromatic rings. The highest BCUT2D eigenvalue weighted by Crippen LogP contribution is 2.55. The van der Waals surface area contributed by atoms with Crippen LogP contribution in [0.3, 0.4) is 0 Å². The molecular formula is C37H44N2. The number of benzene rings is 4. The lowest BCUT2D eigenvalue weighted by Crippen LogP contribution is -2.25. The summed E-state index contributed by atoms with van der Waals surface area (Å²) in [5.41, 5.74) is 10.6. The second kappa shape index (κ2) is 13.0. The Labute approximate surface area is 235 Å². The second-order valence-electron chi connectivity index (χ2n) is 11.2.